The molecule has 0 aromatic heterocycles. The molecule has 0 saturated carbocycles. The zero-order chi connectivity index (χ0) is 33.5. The van der Waals surface area contributed by atoms with Crippen molar-refractivity contribution in [3.05, 3.63) is 51.7 Å². The van der Waals surface area contributed by atoms with Crippen LogP contribution in [-0.2, 0) is 4.79 Å². The Morgan fingerprint density at radius 1 is 1.20 bits per heavy atom. The van der Waals surface area contributed by atoms with Crippen LogP contribution in [0.25, 0.3) is 0 Å². The molecular formula is C36H58ClFN4O2S. The first-order valence-corrected chi connectivity index (χ1v) is 18.0. The Bertz CT molecular complexity index is 1060. The van der Waals surface area contributed by atoms with E-state index in [4.69, 9.17) is 11.6 Å². The second-order valence-electron chi connectivity index (χ2n) is 11.3. The molecule has 4 rings (SSSR count). The summed E-state index contributed by atoms with van der Waals surface area (Å²) < 4.78 is 12.5. The van der Waals surface area contributed by atoms with Crippen molar-refractivity contribution in [2.24, 2.45) is 0 Å². The molecule has 0 spiro atoms. The van der Waals surface area contributed by atoms with Crippen LogP contribution in [0.3, 0.4) is 0 Å². The maximum absolute atomic E-state index is 12.5. The van der Waals surface area contributed by atoms with Gasteiger partial charge in [-0.25, -0.2) is 4.39 Å². The van der Waals surface area contributed by atoms with E-state index < -0.39 is 0 Å². The minimum atomic E-state index is -0.388. The Hall–Kier alpha value is -2.02. The molecule has 2 unspecified atom stereocenters. The van der Waals surface area contributed by atoms with Gasteiger partial charge < -0.3 is 20.2 Å². The van der Waals surface area contributed by atoms with Crippen LogP contribution in [0.2, 0.25) is 5.02 Å². The van der Waals surface area contributed by atoms with Gasteiger partial charge >= 0.3 is 0 Å². The fraction of sp³-hybridized carbons (Fsp3) is 0.639. The van der Waals surface area contributed by atoms with Crippen molar-refractivity contribution in [3.63, 3.8) is 0 Å². The highest BCUT2D eigenvalue weighted by Gasteiger charge is 2.23. The van der Waals surface area contributed by atoms with Crippen LogP contribution in [0.4, 0.5) is 10.1 Å². The number of carbonyl (C=O) groups is 1. The summed E-state index contributed by atoms with van der Waals surface area (Å²) in [6, 6.07) is 4.86. The van der Waals surface area contributed by atoms with Crippen LogP contribution in [-0.4, -0.2) is 97.0 Å². The summed E-state index contributed by atoms with van der Waals surface area (Å²) in [5, 5.41) is 12.7. The van der Waals surface area contributed by atoms with Gasteiger partial charge in [0.05, 0.1) is 11.1 Å². The maximum Gasteiger partial charge on any atom is 0.210 e. The summed E-state index contributed by atoms with van der Waals surface area (Å²) in [5.41, 5.74) is 2.34. The third-order valence-electron chi connectivity index (χ3n) is 8.05. The highest BCUT2D eigenvalue weighted by Crippen LogP contribution is 2.28. The number of likely N-dealkylation sites (tertiary alicyclic amines) is 2. The van der Waals surface area contributed by atoms with Gasteiger partial charge in [0.2, 0.25) is 6.41 Å². The number of thioether (sulfide) groups is 1. The first-order chi connectivity index (χ1) is 21.8. The SMILES string of the molecule is C#CC.C/C=C(/CN1CCC(O)C1)SCC1=CCC(N(C=O)CCN2CCCCCC2)CC1.CC.CNc1ccc(F)c(Cl)c1. The lowest BCUT2D eigenvalue weighted by Crippen LogP contribution is -2.41. The summed E-state index contributed by atoms with van der Waals surface area (Å²) >= 11 is 7.42. The van der Waals surface area contributed by atoms with Crippen LogP contribution in [0.1, 0.15) is 79.1 Å². The van der Waals surface area contributed by atoms with Gasteiger partial charge in [-0.15, -0.1) is 24.1 Å². The number of aliphatic hydroxyl groups excluding tert-OH is 1. The number of allylic oxidation sites excluding steroid dienone is 1. The van der Waals surface area contributed by atoms with Crippen LogP contribution in [0.15, 0.2) is 40.8 Å². The van der Waals surface area contributed by atoms with Gasteiger partial charge in [0.15, 0.2) is 0 Å². The van der Waals surface area contributed by atoms with E-state index in [0.29, 0.717) is 6.04 Å². The highest BCUT2D eigenvalue weighted by atomic mass is 35.5. The molecule has 1 aromatic rings. The van der Waals surface area contributed by atoms with Gasteiger partial charge in [0, 0.05) is 57.3 Å². The number of halogens is 2. The van der Waals surface area contributed by atoms with Gasteiger partial charge in [-0.2, -0.15) is 0 Å². The number of hydrogen-bond donors (Lipinski definition) is 2. The molecule has 2 heterocycles. The monoisotopic (exact) mass is 664 g/mol. The molecule has 2 atom stereocenters. The number of amides is 1. The normalized spacial score (nSPS) is 20.4. The summed E-state index contributed by atoms with van der Waals surface area (Å²) in [5.74, 6) is 2.91. The van der Waals surface area contributed by atoms with Crippen molar-refractivity contribution in [2.45, 2.75) is 91.2 Å². The quantitative estimate of drug-likeness (QED) is 0.144. The van der Waals surface area contributed by atoms with Crippen molar-refractivity contribution in [2.75, 3.05) is 63.9 Å². The number of rotatable bonds is 11. The first kappa shape index (κ1) is 41.0. The second-order valence-corrected chi connectivity index (χ2v) is 12.8. The van der Waals surface area contributed by atoms with E-state index in [1.807, 2.05) is 25.6 Å². The Balaban J connectivity index is 0.000000560. The largest absolute Gasteiger partial charge is 0.392 e. The van der Waals surface area contributed by atoms with E-state index in [1.54, 1.807) is 20.0 Å². The molecule has 45 heavy (non-hydrogen) atoms. The number of terminal acetylenes is 1. The molecule has 2 aliphatic heterocycles. The zero-order valence-electron chi connectivity index (χ0n) is 28.4. The third-order valence-corrected chi connectivity index (χ3v) is 9.60. The Labute approximate surface area is 282 Å². The molecule has 1 aliphatic carbocycles. The number of nitrogens with zero attached hydrogens (tertiary/aromatic N) is 3. The van der Waals surface area contributed by atoms with Crippen molar-refractivity contribution < 1.29 is 14.3 Å². The molecule has 9 heteroatoms. The fourth-order valence-electron chi connectivity index (χ4n) is 5.48. The van der Waals surface area contributed by atoms with E-state index in [0.717, 1.165) is 76.3 Å². The van der Waals surface area contributed by atoms with Crippen LogP contribution < -0.4 is 5.32 Å². The fourth-order valence-corrected chi connectivity index (χ4v) is 6.73. The third kappa shape index (κ3) is 16.9. The van der Waals surface area contributed by atoms with Crippen molar-refractivity contribution in [3.8, 4) is 12.3 Å². The molecule has 6 nitrogen and oxygen atoms in total. The molecule has 2 saturated heterocycles. The molecule has 0 radical (unpaired) electrons. The minimum absolute atomic E-state index is 0.145. The zero-order valence-corrected chi connectivity index (χ0v) is 29.9. The van der Waals surface area contributed by atoms with Gasteiger partial charge in [-0.05, 0) is 88.6 Å². The lowest BCUT2D eigenvalue weighted by molar-refractivity contribution is -0.120. The van der Waals surface area contributed by atoms with Crippen molar-refractivity contribution in [1.82, 2.24) is 14.7 Å². The smallest absolute Gasteiger partial charge is 0.210 e. The summed E-state index contributed by atoms with van der Waals surface area (Å²) in [7, 11) is 1.75. The van der Waals surface area contributed by atoms with E-state index in [2.05, 4.69) is 51.4 Å². The average Bonchev–Trinajstić information content (AvgIpc) is 3.29. The molecular weight excluding hydrogens is 607 g/mol. The van der Waals surface area contributed by atoms with Gasteiger partial charge in [-0.3, -0.25) is 9.69 Å². The van der Waals surface area contributed by atoms with E-state index >= 15 is 0 Å². The van der Waals surface area contributed by atoms with E-state index in [-0.39, 0.29) is 16.9 Å². The molecule has 2 fully saturated rings. The number of hydrogen-bond acceptors (Lipinski definition) is 6. The van der Waals surface area contributed by atoms with Crippen LogP contribution >= 0.6 is 23.4 Å². The predicted octanol–water partition coefficient (Wildman–Crippen LogP) is 7.69. The summed E-state index contributed by atoms with van der Waals surface area (Å²) in [4.78, 5) is 20.1. The second kappa shape index (κ2) is 25.1. The molecule has 2 N–H and O–H groups in total. The summed E-state index contributed by atoms with van der Waals surface area (Å²) in [6.45, 7) is 14.8. The van der Waals surface area contributed by atoms with E-state index in [9.17, 15) is 14.3 Å². The molecule has 3 aliphatic rings. The Morgan fingerprint density at radius 3 is 2.40 bits per heavy atom. The minimum Gasteiger partial charge on any atom is -0.392 e. The topological polar surface area (TPSA) is 59.1 Å². The molecule has 254 valence electrons. The van der Waals surface area contributed by atoms with Gasteiger partial charge in [0.25, 0.3) is 0 Å². The Morgan fingerprint density at radius 2 is 1.89 bits per heavy atom. The number of aliphatic hydroxyl groups is 1. The lowest BCUT2D eigenvalue weighted by Gasteiger charge is -2.33. The van der Waals surface area contributed by atoms with Gasteiger partial charge in [0.1, 0.15) is 5.82 Å². The molecule has 0 bridgehead atoms. The number of nitrogens with one attached hydrogen (secondary N) is 1. The standard InChI is InChI=1S/C24H41N3O2S.C7H7ClFN.C3H4.C2H6/c1-2-24(18-26-14-11-23(29)17-26)30-19-21-7-9-22(10-8-21)27(20-28)16-15-25-12-5-3-4-6-13-25;1-10-5-2-3-7(9)6(8)4-5;1-3-2;1-2/h2,7,20,22-23,29H,3-6,8-19H2,1H3;2-4,10H,1H3;1H,2H3;1-2H3/b24-2-;;;. The number of β-amino-alcohol motifs (C(OH)–C–C–N with tert-alkyl or cyclic N) is 1. The highest BCUT2D eigenvalue weighted by molar-refractivity contribution is 8.03. The summed E-state index contributed by atoms with van der Waals surface area (Å²) in [6.07, 6.45) is 19.6. The van der Waals surface area contributed by atoms with Crippen molar-refractivity contribution >= 4 is 35.5 Å². The van der Waals surface area contributed by atoms with Gasteiger partial charge in [-0.1, -0.05) is 56.0 Å². The van der Waals surface area contributed by atoms with Crippen molar-refractivity contribution in [1.29, 1.82) is 0 Å². The first-order valence-electron chi connectivity index (χ1n) is 16.6. The number of benzene rings is 1. The number of anilines is 1. The average molecular weight is 665 g/mol. The molecule has 1 aromatic carbocycles. The Kier molecular flexibility index (Phi) is 22.9. The lowest BCUT2D eigenvalue weighted by atomic mass is 9.95. The van der Waals surface area contributed by atoms with E-state index in [1.165, 1.54) is 61.4 Å². The van der Waals surface area contributed by atoms with Crippen LogP contribution in [0, 0.1) is 18.2 Å². The van der Waals surface area contributed by atoms with Crippen LogP contribution in [0.5, 0.6) is 0 Å². The maximum atomic E-state index is 12.5. The predicted molar refractivity (Wildman–Crippen MR) is 193 cm³/mol. The number of carbonyl (C=O) groups excluding carboxylic acids is 1. The molecule has 1 amide bonds.